The van der Waals surface area contributed by atoms with Crippen LogP contribution in [0.3, 0.4) is 0 Å². The van der Waals surface area contributed by atoms with Gasteiger partial charge in [-0.05, 0) is 47.2 Å². The molecule has 4 nitrogen and oxygen atoms in total. The number of hydrogen-bond donors (Lipinski definition) is 2. The summed E-state index contributed by atoms with van der Waals surface area (Å²) in [6.45, 7) is 4.16. The summed E-state index contributed by atoms with van der Waals surface area (Å²) in [5.74, 6) is -0.380. The SMILES string of the molecule is C=c1/c(=C\SC)c(Nc2cccc(Cl)c2)nc2cc(C(=O)O)ccc12. The molecule has 2 N–H and O–H groups in total. The van der Waals surface area contributed by atoms with Crippen molar-refractivity contribution in [3.8, 4) is 0 Å². The van der Waals surface area contributed by atoms with Crippen molar-refractivity contribution in [2.45, 2.75) is 0 Å². The summed E-state index contributed by atoms with van der Waals surface area (Å²) in [7, 11) is 0. The molecule has 2 aromatic carbocycles. The molecular formula is C19H15ClN2O2S. The molecule has 0 aliphatic carbocycles. The first-order chi connectivity index (χ1) is 12.0. The van der Waals surface area contributed by atoms with E-state index in [2.05, 4.69) is 16.9 Å². The van der Waals surface area contributed by atoms with Gasteiger partial charge in [0.15, 0.2) is 0 Å². The average molecular weight is 371 g/mol. The van der Waals surface area contributed by atoms with Crippen molar-refractivity contribution in [1.29, 1.82) is 0 Å². The maximum absolute atomic E-state index is 11.2. The predicted molar refractivity (Wildman–Crippen MR) is 106 cm³/mol. The Hall–Kier alpha value is -2.50. The summed E-state index contributed by atoms with van der Waals surface area (Å²) >= 11 is 7.59. The van der Waals surface area contributed by atoms with E-state index < -0.39 is 5.97 Å². The van der Waals surface area contributed by atoms with Crippen LogP contribution < -0.4 is 15.8 Å². The van der Waals surface area contributed by atoms with E-state index in [1.807, 2.05) is 23.8 Å². The van der Waals surface area contributed by atoms with Crippen molar-refractivity contribution >= 4 is 63.7 Å². The lowest BCUT2D eigenvalue weighted by molar-refractivity contribution is 0.0697. The normalized spacial score (nSPS) is 11.7. The molecule has 0 unspecified atom stereocenters. The minimum atomic E-state index is -0.988. The average Bonchev–Trinajstić information content (AvgIpc) is 2.58. The highest BCUT2D eigenvalue weighted by molar-refractivity contribution is 8.05. The first kappa shape index (κ1) is 17.3. The Morgan fingerprint density at radius 2 is 2.12 bits per heavy atom. The molecule has 3 aromatic rings. The molecule has 0 bridgehead atoms. The second-order valence-electron chi connectivity index (χ2n) is 5.38. The van der Waals surface area contributed by atoms with E-state index in [0.29, 0.717) is 16.4 Å². The number of nitrogens with one attached hydrogen (secondary N) is 1. The van der Waals surface area contributed by atoms with Gasteiger partial charge in [0.1, 0.15) is 5.82 Å². The highest BCUT2D eigenvalue weighted by Gasteiger charge is 2.09. The predicted octanol–water partition coefficient (Wildman–Crippen LogP) is 3.84. The van der Waals surface area contributed by atoms with E-state index in [1.165, 1.54) is 0 Å². The van der Waals surface area contributed by atoms with Crippen molar-refractivity contribution in [3.05, 3.63) is 63.5 Å². The summed E-state index contributed by atoms with van der Waals surface area (Å²) in [5.41, 5.74) is 1.56. The van der Waals surface area contributed by atoms with Crippen LogP contribution >= 0.6 is 23.4 Å². The number of pyridine rings is 1. The van der Waals surface area contributed by atoms with Gasteiger partial charge in [0.25, 0.3) is 0 Å². The third-order valence-corrected chi connectivity index (χ3v) is 4.41. The Kier molecular flexibility index (Phi) is 4.97. The number of anilines is 2. The smallest absolute Gasteiger partial charge is 0.335 e. The highest BCUT2D eigenvalue weighted by atomic mass is 35.5. The Bertz CT molecular complexity index is 1080. The Morgan fingerprint density at radius 3 is 2.80 bits per heavy atom. The number of hydrogen-bond acceptors (Lipinski definition) is 4. The number of thioether (sulfide) groups is 1. The van der Waals surface area contributed by atoms with Crippen molar-refractivity contribution in [2.24, 2.45) is 0 Å². The number of carboxylic acid groups (broad SMARTS) is 1. The zero-order valence-corrected chi connectivity index (χ0v) is 15.0. The minimum absolute atomic E-state index is 0.190. The van der Waals surface area contributed by atoms with E-state index in [4.69, 9.17) is 11.6 Å². The second kappa shape index (κ2) is 7.17. The van der Waals surface area contributed by atoms with Gasteiger partial charge in [-0.25, -0.2) is 9.78 Å². The molecule has 25 heavy (non-hydrogen) atoms. The minimum Gasteiger partial charge on any atom is -0.478 e. The fourth-order valence-electron chi connectivity index (χ4n) is 2.52. The van der Waals surface area contributed by atoms with E-state index in [1.54, 1.807) is 42.1 Å². The van der Waals surface area contributed by atoms with Crippen LogP contribution in [0.15, 0.2) is 42.5 Å². The van der Waals surface area contributed by atoms with Crippen molar-refractivity contribution in [1.82, 2.24) is 4.98 Å². The van der Waals surface area contributed by atoms with Gasteiger partial charge in [0.05, 0.1) is 11.1 Å². The third kappa shape index (κ3) is 3.62. The molecule has 6 heteroatoms. The Labute approximate surface area is 153 Å². The molecule has 0 aliphatic heterocycles. The molecule has 0 fully saturated rings. The molecule has 1 heterocycles. The summed E-state index contributed by atoms with van der Waals surface area (Å²) in [4.78, 5) is 15.8. The molecule has 3 rings (SSSR count). The standard InChI is InChI=1S/C19H15ClN2O2S/c1-11-15-7-6-12(19(23)24)8-17(15)22-18(16(11)10-25-2)21-14-5-3-4-13(20)9-14/h3-10H,1H2,2H3,(H,21,22)(H,23,24)/b16-10+. The van der Waals surface area contributed by atoms with Gasteiger partial charge in [-0.3, -0.25) is 0 Å². The van der Waals surface area contributed by atoms with Crippen LogP contribution in [0, 0.1) is 0 Å². The van der Waals surface area contributed by atoms with Crippen LogP contribution in [0.4, 0.5) is 11.5 Å². The molecule has 0 aliphatic rings. The highest BCUT2D eigenvalue weighted by Crippen LogP contribution is 2.19. The monoisotopic (exact) mass is 370 g/mol. The van der Waals surface area contributed by atoms with Gasteiger partial charge in [0, 0.05) is 21.3 Å². The number of aromatic nitrogens is 1. The number of halogens is 1. The Morgan fingerprint density at radius 1 is 1.32 bits per heavy atom. The van der Waals surface area contributed by atoms with Crippen LogP contribution in [0.1, 0.15) is 10.4 Å². The van der Waals surface area contributed by atoms with Crippen LogP contribution in [-0.2, 0) is 0 Å². The molecule has 0 spiro atoms. The van der Waals surface area contributed by atoms with Gasteiger partial charge in [0.2, 0.25) is 0 Å². The molecule has 0 radical (unpaired) electrons. The van der Waals surface area contributed by atoms with Gasteiger partial charge in [-0.15, -0.1) is 11.8 Å². The first-order valence-corrected chi connectivity index (χ1v) is 9.08. The maximum atomic E-state index is 11.2. The number of carboxylic acids is 1. The maximum Gasteiger partial charge on any atom is 0.335 e. The van der Waals surface area contributed by atoms with Gasteiger partial charge >= 0.3 is 5.97 Å². The number of carbonyl (C=O) groups is 1. The fourth-order valence-corrected chi connectivity index (χ4v) is 3.20. The van der Waals surface area contributed by atoms with Crippen molar-refractivity contribution in [3.63, 3.8) is 0 Å². The van der Waals surface area contributed by atoms with Crippen molar-refractivity contribution < 1.29 is 9.90 Å². The first-order valence-electron chi connectivity index (χ1n) is 7.41. The van der Waals surface area contributed by atoms with Crippen LogP contribution in [0.2, 0.25) is 5.02 Å². The summed E-state index contributed by atoms with van der Waals surface area (Å²) in [6, 6.07) is 12.2. The van der Waals surface area contributed by atoms with Crippen LogP contribution in [0.5, 0.6) is 0 Å². The third-order valence-electron chi connectivity index (χ3n) is 3.71. The molecule has 1 aromatic heterocycles. The lowest BCUT2D eigenvalue weighted by atomic mass is 10.1. The van der Waals surface area contributed by atoms with Crippen LogP contribution in [-0.4, -0.2) is 22.3 Å². The van der Waals surface area contributed by atoms with Crippen molar-refractivity contribution in [2.75, 3.05) is 11.6 Å². The molecule has 126 valence electrons. The van der Waals surface area contributed by atoms with Crippen LogP contribution in [0.25, 0.3) is 22.9 Å². The zero-order chi connectivity index (χ0) is 18.0. The molecule has 0 atom stereocenters. The van der Waals surface area contributed by atoms with E-state index >= 15 is 0 Å². The number of aromatic carboxylic acids is 1. The van der Waals surface area contributed by atoms with E-state index in [-0.39, 0.29) is 5.56 Å². The van der Waals surface area contributed by atoms with E-state index in [0.717, 1.165) is 21.5 Å². The van der Waals surface area contributed by atoms with Gasteiger partial charge < -0.3 is 10.4 Å². The Balaban J connectivity index is 2.24. The number of rotatable bonds is 4. The summed E-state index contributed by atoms with van der Waals surface area (Å²) in [5, 5.41) is 17.5. The summed E-state index contributed by atoms with van der Waals surface area (Å²) in [6.07, 6.45) is 1.96. The van der Waals surface area contributed by atoms with Gasteiger partial charge in [-0.1, -0.05) is 30.3 Å². The lowest BCUT2D eigenvalue weighted by Gasteiger charge is -2.10. The largest absolute Gasteiger partial charge is 0.478 e. The molecular weight excluding hydrogens is 356 g/mol. The molecule has 0 saturated carbocycles. The molecule has 0 saturated heterocycles. The quantitative estimate of drug-likeness (QED) is 0.730. The number of nitrogens with zero attached hydrogens (tertiary/aromatic N) is 1. The summed E-state index contributed by atoms with van der Waals surface area (Å²) < 4.78 is 0. The van der Waals surface area contributed by atoms with Gasteiger partial charge in [-0.2, -0.15) is 0 Å². The fraction of sp³-hybridized carbons (Fsp3) is 0.0526. The topological polar surface area (TPSA) is 62.2 Å². The lowest BCUT2D eigenvalue weighted by Crippen LogP contribution is -2.28. The second-order valence-corrected chi connectivity index (χ2v) is 6.52. The molecule has 0 amide bonds. The number of benzene rings is 2. The number of fused-ring (bicyclic) bond motifs is 1. The van der Waals surface area contributed by atoms with E-state index in [9.17, 15) is 9.90 Å². The zero-order valence-electron chi connectivity index (χ0n) is 13.4.